The molecule has 0 spiro atoms. The molecule has 1 saturated heterocycles. The number of carbonyl (C=O) groups is 5. The number of fused-ring (bicyclic) bond motifs is 1. The number of nitrogens with two attached hydrogens (primary N) is 1. The van der Waals surface area contributed by atoms with E-state index >= 15 is 0 Å². The first kappa shape index (κ1) is 27.6. The number of amides is 5. The molecule has 4 heterocycles. The monoisotopic (exact) mass is 602 g/mol. The highest BCUT2D eigenvalue weighted by Gasteiger charge is 2.54. The molecule has 0 bridgehead atoms. The number of aromatic amines is 1. The number of β-lactam (4-membered cyclic amide) rings is 1. The number of aliphatic carboxylic acids is 1. The molecule has 3 atom stereocenters. The van der Waals surface area contributed by atoms with E-state index in [-0.39, 0.29) is 27.8 Å². The standard InChI is InChI=1S/C18H19ClN10O6S3/c1-28-18(25-26-27-28)38-4-6-3-36-14-10(13(32)29(14)11(6)15(33)34)23-12(31)9(24-16(20)35)7-5-37-17(21-7)22-8(30)2-19/h5,9-10,14H,2-4H2,1H3,(H,23,31)(H,33,34)(H3,20,24,35)(H,21,22,30)/t9?,10-,14?/m1/s1. The minimum absolute atomic E-state index is 0.141. The van der Waals surface area contributed by atoms with Crippen LogP contribution in [0.3, 0.4) is 0 Å². The Bertz CT molecular complexity index is 1400. The van der Waals surface area contributed by atoms with E-state index in [4.69, 9.17) is 17.3 Å². The number of H-pyrrole nitrogens is 1. The largest absolute Gasteiger partial charge is 0.477 e. The van der Waals surface area contributed by atoms with Crippen molar-refractivity contribution in [2.75, 3.05) is 17.4 Å². The lowest BCUT2D eigenvalue weighted by Crippen LogP contribution is -2.71. The van der Waals surface area contributed by atoms with Gasteiger partial charge in [0.1, 0.15) is 23.0 Å². The van der Waals surface area contributed by atoms with Crippen LogP contribution in [0.15, 0.2) is 26.8 Å². The van der Waals surface area contributed by atoms with Crippen molar-refractivity contribution in [1.29, 1.82) is 0 Å². The Morgan fingerprint density at radius 1 is 1.42 bits per heavy atom. The van der Waals surface area contributed by atoms with E-state index in [9.17, 15) is 29.1 Å². The van der Waals surface area contributed by atoms with Crippen LogP contribution in [0, 0.1) is 0 Å². The summed E-state index contributed by atoms with van der Waals surface area (Å²) in [5, 5.41) is 27.1. The Hall–Kier alpha value is -3.42. The Morgan fingerprint density at radius 2 is 2.18 bits per heavy atom. The highest BCUT2D eigenvalue weighted by molar-refractivity contribution is 8.01. The van der Waals surface area contributed by atoms with Gasteiger partial charge in [-0.25, -0.2) is 14.3 Å². The van der Waals surface area contributed by atoms with Crippen molar-refractivity contribution in [3.8, 4) is 0 Å². The average molecular weight is 603 g/mol. The second-order valence-corrected chi connectivity index (χ2v) is 10.9. The molecule has 0 radical (unpaired) electrons. The van der Waals surface area contributed by atoms with Crippen molar-refractivity contribution in [1.82, 2.24) is 40.7 Å². The number of carbonyl (C=O) groups excluding carboxylic acids is 4. The van der Waals surface area contributed by atoms with E-state index in [0.29, 0.717) is 16.5 Å². The first-order valence-electron chi connectivity index (χ1n) is 10.5. The number of primary amides is 1. The number of nitrogens with zero attached hydrogens (tertiary/aromatic N) is 6. The number of alkyl halides is 1. The highest BCUT2D eigenvalue weighted by atomic mass is 35.5. The average Bonchev–Trinajstić information content (AvgIpc) is 3.51. The number of hydrogen-bond acceptors (Lipinski definition) is 11. The predicted molar refractivity (Wildman–Crippen MR) is 135 cm³/mol. The van der Waals surface area contributed by atoms with Gasteiger partial charge in [0, 0.05) is 23.9 Å². The van der Waals surface area contributed by atoms with Gasteiger partial charge in [-0.3, -0.25) is 19.3 Å². The molecular formula is C18H19ClN10O6S3. The topological polar surface area (TPSA) is 231 Å². The molecular weight excluding hydrogens is 584 g/mol. The Labute approximate surface area is 230 Å². The summed E-state index contributed by atoms with van der Waals surface area (Å²) in [6, 6.07) is -3.39. The van der Waals surface area contributed by atoms with Crippen molar-refractivity contribution < 1.29 is 29.1 Å². The summed E-state index contributed by atoms with van der Waals surface area (Å²) >= 11 is 8.96. The zero-order chi connectivity index (χ0) is 27.6. The third kappa shape index (κ3) is 5.69. The first-order valence-corrected chi connectivity index (χ1v) is 14.0. The van der Waals surface area contributed by atoms with Crippen molar-refractivity contribution in [3.05, 3.63) is 27.1 Å². The summed E-state index contributed by atoms with van der Waals surface area (Å²) in [6.45, 7) is 0. The van der Waals surface area contributed by atoms with Crippen LogP contribution >= 0.6 is 46.5 Å². The minimum Gasteiger partial charge on any atom is -0.477 e. The molecule has 6 N–H and O–H groups in total. The molecule has 2 aromatic rings. The second-order valence-electron chi connectivity index (χ2n) is 7.73. The lowest BCUT2D eigenvalue weighted by Gasteiger charge is -2.49. The fraction of sp³-hybridized carbons (Fsp3) is 0.389. The third-order valence-corrected chi connectivity index (χ3v) is 8.71. The van der Waals surface area contributed by atoms with E-state index in [1.807, 2.05) is 0 Å². The number of carboxylic acids is 1. The molecule has 2 aromatic heterocycles. The van der Waals surface area contributed by atoms with E-state index in [1.54, 1.807) is 7.05 Å². The van der Waals surface area contributed by atoms with Crippen LogP contribution in [0.4, 0.5) is 4.79 Å². The van der Waals surface area contributed by atoms with Gasteiger partial charge in [0.05, 0.1) is 5.69 Å². The molecule has 20 heteroatoms. The van der Waals surface area contributed by atoms with Gasteiger partial charge in [0.15, 0.2) is 10.8 Å². The fourth-order valence-electron chi connectivity index (χ4n) is 3.59. The molecule has 5 amide bonds. The predicted octanol–water partition coefficient (Wildman–Crippen LogP) is -1.49. The van der Waals surface area contributed by atoms with Crippen molar-refractivity contribution in [2.24, 2.45) is 17.8 Å². The minimum atomic E-state index is -1.34. The lowest BCUT2D eigenvalue weighted by atomic mass is 10.0. The molecule has 2 aliphatic heterocycles. The zero-order valence-electron chi connectivity index (χ0n) is 19.3. The number of nitrogens with one attached hydrogen (secondary N) is 3. The van der Waals surface area contributed by atoms with Gasteiger partial charge >= 0.3 is 12.0 Å². The van der Waals surface area contributed by atoms with E-state index in [2.05, 4.69) is 36.1 Å². The molecule has 0 aliphatic carbocycles. The third-order valence-electron chi connectivity index (χ3n) is 5.25. The number of urea groups is 1. The quantitative estimate of drug-likeness (QED) is 0.126. The fourth-order valence-corrected chi connectivity index (χ4v) is 6.75. The number of rotatable bonds is 9. The number of hydrogen-bond donors (Lipinski definition) is 5. The van der Waals surface area contributed by atoms with E-state index < -0.39 is 47.2 Å². The van der Waals surface area contributed by atoms with E-state index in [0.717, 1.165) is 16.2 Å². The van der Waals surface area contributed by atoms with Gasteiger partial charge in [-0.05, 0) is 16.0 Å². The zero-order valence-corrected chi connectivity index (χ0v) is 22.5. The molecule has 2 unspecified atom stereocenters. The summed E-state index contributed by atoms with van der Waals surface area (Å²) in [6.07, 6.45) is 0. The number of aryl methyl sites for hydroxylation is 1. The van der Waals surface area contributed by atoms with Gasteiger partial charge in [-0.15, -0.1) is 39.8 Å². The maximum Gasteiger partial charge on any atom is 0.352 e. The highest BCUT2D eigenvalue weighted by Crippen LogP contribution is 2.41. The van der Waals surface area contributed by atoms with Crippen LogP contribution < -0.4 is 21.2 Å². The van der Waals surface area contributed by atoms with Gasteiger partial charge in [0.2, 0.25) is 11.1 Å². The number of tetrazole rings is 1. The molecule has 16 nitrogen and oxygen atoms in total. The van der Waals surface area contributed by atoms with Gasteiger partial charge < -0.3 is 26.5 Å². The molecule has 0 saturated carbocycles. The van der Waals surface area contributed by atoms with Crippen LogP contribution in [-0.2, 0) is 26.2 Å². The van der Waals surface area contributed by atoms with Crippen LogP contribution in [-0.4, -0.2) is 93.7 Å². The van der Waals surface area contributed by atoms with Crippen LogP contribution in [0.2, 0.25) is 0 Å². The molecule has 2 aliphatic rings. The molecule has 4 rings (SSSR count). The number of carboxylic acid groups (broad SMARTS) is 1. The normalized spacial score (nSPS) is 20.0. The van der Waals surface area contributed by atoms with Crippen molar-refractivity contribution in [3.63, 3.8) is 0 Å². The number of halogens is 1. The number of thiazole rings is 1. The SMILES string of the molecule is Cn1nnnc1SCC1=C(C(=O)O)N2C(=O)[C@@H](NC(=O)C(NC(N)=O)c3csc(=NC(=O)CCl)[nH]3)C2SC1. The van der Waals surface area contributed by atoms with Crippen LogP contribution in [0.1, 0.15) is 11.7 Å². The Kier molecular flexibility index (Phi) is 8.38. The van der Waals surface area contributed by atoms with Crippen molar-refractivity contribution >= 4 is 76.2 Å². The summed E-state index contributed by atoms with van der Waals surface area (Å²) in [5.74, 6) is -3.08. The molecule has 0 aromatic carbocycles. The van der Waals surface area contributed by atoms with Crippen molar-refractivity contribution in [2.45, 2.75) is 22.6 Å². The summed E-state index contributed by atoms with van der Waals surface area (Å²) in [4.78, 5) is 68.9. The van der Waals surface area contributed by atoms with E-state index in [1.165, 1.54) is 33.6 Å². The summed E-state index contributed by atoms with van der Waals surface area (Å²) in [7, 11) is 1.65. The number of thioether (sulfide) groups is 2. The second kappa shape index (κ2) is 11.5. The lowest BCUT2D eigenvalue weighted by molar-refractivity contribution is -0.151. The maximum absolute atomic E-state index is 13.1. The van der Waals surface area contributed by atoms with Gasteiger partial charge in [-0.2, -0.15) is 4.99 Å². The molecule has 38 heavy (non-hydrogen) atoms. The van der Waals surface area contributed by atoms with Gasteiger partial charge in [-0.1, -0.05) is 11.8 Å². The smallest absolute Gasteiger partial charge is 0.352 e. The van der Waals surface area contributed by atoms with Crippen LogP contribution in [0.5, 0.6) is 0 Å². The Morgan fingerprint density at radius 3 is 2.82 bits per heavy atom. The summed E-state index contributed by atoms with van der Waals surface area (Å²) in [5.41, 5.74) is 5.74. The number of aromatic nitrogens is 5. The Balaban J connectivity index is 1.50. The van der Waals surface area contributed by atoms with Gasteiger partial charge in [0.25, 0.3) is 11.8 Å². The van der Waals surface area contributed by atoms with Crippen LogP contribution in [0.25, 0.3) is 0 Å². The first-order chi connectivity index (χ1) is 18.1. The molecule has 1 fully saturated rings. The maximum atomic E-state index is 13.1. The summed E-state index contributed by atoms with van der Waals surface area (Å²) < 4.78 is 1.44. The molecule has 202 valence electrons.